The smallest absolute Gasteiger partial charge is 0.245 e. The number of amides is 1. The number of piperazine rings is 1. The van der Waals surface area contributed by atoms with Gasteiger partial charge in [0.25, 0.3) is 0 Å². The third-order valence-electron chi connectivity index (χ3n) is 2.90. The molecular formula is C13H15N3O. The lowest BCUT2D eigenvalue weighted by molar-refractivity contribution is -0.121. The van der Waals surface area contributed by atoms with E-state index in [4.69, 9.17) is 5.26 Å². The summed E-state index contributed by atoms with van der Waals surface area (Å²) >= 11 is 0. The molecule has 4 heteroatoms. The highest BCUT2D eigenvalue weighted by Gasteiger charge is 2.28. The van der Waals surface area contributed by atoms with E-state index in [2.05, 4.69) is 5.32 Å². The molecule has 1 aliphatic rings. The topological polar surface area (TPSA) is 56.1 Å². The van der Waals surface area contributed by atoms with Crippen LogP contribution >= 0.6 is 0 Å². The zero-order valence-electron chi connectivity index (χ0n) is 9.81. The van der Waals surface area contributed by atoms with Crippen molar-refractivity contribution in [2.45, 2.75) is 19.4 Å². The summed E-state index contributed by atoms with van der Waals surface area (Å²) in [6.07, 6.45) is 0.223. The first-order chi connectivity index (χ1) is 8.22. The highest BCUT2D eigenvalue weighted by Crippen LogP contribution is 2.18. The van der Waals surface area contributed by atoms with Crippen molar-refractivity contribution in [3.63, 3.8) is 0 Å². The lowest BCUT2D eigenvalue weighted by Crippen LogP contribution is -2.55. The van der Waals surface area contributed by atoms with Gasteiger partial charge in [-0.05, 0) is 24.6 Å². The van der Waals surface area contributed by atoms with Crippen LogP contribution in [0.2, 0.25) is 0 Å². The average molecular weight is 229 g/mol. The fourth-order valence-electron chi connectivity index (χ4n) is 2.04. The Hall–Kier alpha value is -1.86. The predicted molar refractivity (Wildman–Crippen MR) is 65.6 cm³/mol. The number of anilines is 1. The molecule has 1 heterocycles. The number of nitrogens with zero attached hydrogens (tertiary/aromatic N) is 2. The van der Waals surface area contributed by atoms with Gasteiger partial charge in [-0.25, -0.2) is 0 Å². The maximum Gasteiger partial charge on any atom is 0.245 e. The summed E-state index contributed by atoms with van der Waals surface area (Å²) in [7, 11) is 0. The fraction of sp³-hybridized carbons (Fsp3) is 0.385. The standard InChI is InChI=1S/C13H15N3O/c1-10-3-2-4-11(9-10)16-8-7-15-12(5-6-14)13(16)17/h2-4,9,12,15H,5,7-8H2,1H3. The minimum absolute atomic E-state index is 0.0107. The molecule has 4 nitrogen and oxygen atoms in total. The van der Waals surface area contributed by atoms with E-state index in [9.17, 15) is 4.79 Å². The highest BCUT2D eigenvalue weighted by molar-refractivity contribution is 5.98. The SMILES string of the molecule is Cc1cccc(N2CCNC(CC#N)C2=O)c1. The Morgan fingerprint density at radius 2 is 2.41 bits per heavy atom. The molecule has 1 atom stereocenters. The van der Waals surface area contributed by atoms with Gasteiger partial charge in [0, 0.05) is 18.8 Å². The minimum atomic E-state index is -0.366. The molecule has 0 aromatic heterocycles. The van der Waals surface area contributed by atoms with Crippen molar-refractivity contribution in [3.8, 4) is 6.07 Å². The Labute approximate surface area is 101 Å². The van der Waals surface area contributed by atoms with Crippen LogP contribution in [0.1, 0.15) is 12.0 Å². The molecule has 88 valence electrons. The van der Waals surface area contributed by atoms with Crippen LogP contribution in [0.5, 0.6) is 0 Å². The molecule has 1 N–H and O–H groups in total. The quantitative estimate of drug-likeness (QED) is 0.829. The number of carbonyl (C=O) groups is 1. The molecule has 17 heavy (non-hydrogen) atoms. The summed E-state index contributed by atoms with van der Waals surface area (Å²) in [6, 6.07) is 9.54. The van der Waals surface area contributed by atoms with Gasteiger partial charge >= 0.3 is 0 Å². The predicted octanol–water partition coefficient (Wildman–Crippen LogP) is 1.21. The molecule has 1 saturated heterocycles. The molecule has 0 saturated carbocycles. The van der Waals surface area contributed by atoms with Crippen LogP contribution in [0.4, 0.5) is 5.69 Å². The van der Waals surface area contributed by atoms with Crippen LogP contribution in [-0.2, 0) is 4.79 Å². The minimum Gasteiger partial charge on any atom is -0.310 e. The van der Waals surface area contributed by atoms with Gasteiger partial charge in [0.1, 0.15) is 6.04 Å². The van der Waals surface area contributed by atoms with Gasteiger partial charge in [-0.3, -0.25) is 4.79 Å². The molecule has 1 amide bonds. The van der Waals surface area contributed by atoms with Crippen molar-refractivity contribution in [3.05, 3.63) is 29.8 Å². The summed E-state index contributed by atoms with van der Waals surface area (Å²) in [5.41, 5.74) is 2.05. The van der Waals surface area contributed by atoms with Crippen LogP contribution in [0.15, 0.2) is 24.3 Å². The number of carbonyl (C=O) groups excluding carboxylic acids is 1. The van der Waals surface area contributed by atoms with Gasteiger partial charge in [0.2, 0.25) is 5.91 Å². The zero-order chi connectivity index (χ0) is 12.3. The first-order valence-electron chi connectivity index (χ1n) is 5.71. The zero-order valence-corrected chi connectivity index (χ0v) is 9.81. The second-order valence-corrected chi connectivity index (χ2v) is 4.20. The molecule has 1 fully saturated rings. The van der Waals surface area contributed by atoms with Crippen molar-refractivity contribution in [2.24, 2.45) is 0 Å². The lowest BCUT2D eigenvalue weighted by atomic mass is 10.1. The molecular weight excluding hydrogens is 214 g/mol. The number of rotatable bonds is 2. The van der Waals surface area contributed by atoms with Gasteiger partial charge < -0.3 is 10.2 Å². The molecule has 0 radical (unpaired) electrons. The molecule has 2 rings (SSSR count). The van der Waals surface area contributed by atoms with Crippen molar-refractivity contribution >= 4 is 11.6 Å². The molecule has 1 aliphatic heterocycles. The maximum absolute atomic E-state index is 12.1. The van der Waals surface area contributed by atoms with Crippen molar-refractivity contribution in [1.29, 1.82) is 5.26 Å². The Morgan fingerprint density at radius 1 is 1.59 bits per heavy atom. The van der Waals surface area contributed by atoms with Crippen LogP contribution in [0.25, 0.3) is 0 Å². The maximum atomic E-state index is 12.1. The van der Waals surface area contributed by atoms with Crippen LogP contribution in [0, 0.1) is 18.3 Å². The summed E-state index contributed by atoms with van der Waals surface area (Å²) in [6.45, 7) is 3.39. The van der Waals surface area contributed by atoms with Gasteiger partial charge in [0.15, 0.2) is 0 Å². The van der Waals surface area contributed by atoms with Gasteiger partial charge in [0.05, 0.1) is 12.5 Å². The molecule has 0 spiro atoms. The Bertz CT molecular complexity index is 464. The van der Waals surface area contributed by atoms with Gasteiger partial charge in [-0.1, -0.05) is 12.1 Å². The number of benzene rings is 1. The first kappa shape index (κ1) is 11.6. The number of hydrogen-bond acceptors (Lipinski definition) is 3. The third kappa shape index (κ3) is 2.45. The molecule has 0 bridgehead atoms. The Morgan fingerprint density at radius 3 is 3.12 bits per heavy atom. The molecule has 1 aromatic carbocycles. The first-order valence-corrected chi connectivity index (χ1v) is 5.71. The van der Waals surface area contributed by atoms with Crippen LogP contribution < -0.4 is 10.2 Å². The summed E-state index contributed by atoms with van der Waals surface area (Å²) in [5.74, 6) is -0.0107. The summed E-state index contributed by atoms with van der Waals surface area (Å²) < 4.78 is 0. The molecule has 0 aliphatic carbocycles. The number of aryl methyl sites for hydroxylation is 1. The van der Waals surface area contributed by atoms with Gasteiger partial charge in [-0.15, -0.1) is 0 Å². The van der Waals surface area contributed by atoms with E-state index in [0.29, 0.717) is 6.54 Å². The number of nitrogens with one attached hydrogen (secondary N) is 1. The van der Waals surface area contributed by atoms with E-state index in [0.717, 1.165) is 17.8 Å². The normalized spacial score (nSPS) is 20.1. The van der Waals surface area contributed by atoms with Crippen molar-refractivity contribution in [2.75, 3.05) is 18.0 Å². The average Bonchev–Trinajstić information content (AvgIpc) is 2.32. The monoisotopic (exact) mass is 229 g/mol. The highest BCUT2D eigenvalue weighted by atomic mass is 16.2. The number of nitriles is 1. The van der Waals surface area contributed by atoms with E-state index in [1.807, 2.05) is 37.3 Å². The van der Waals surface area contributed by atoms with Crippen LogP contribution in [0.3, 0.4) is 0 Å². The van der Waals surface area contributed by atoms with E-state index < -0.39 is 0 Å². The van der Waals surface area contributed by atoms with Gasteiger partial charge in [-0.2, -0.15) is 5.26 Å². The Balaban J connectivity index is 2.21. The summed E-state index contributed by atoms with van der Waals surface area (Å²) in [4.78, 5) is 13.9. The van der Waals surface area contributed by atoms with E-state index in [1.54, 1.807) is 4.90 Å². The Kier molecular flexibility index (Phi) is 3.40. The van der Waals surface area contributed by atoms with Crippen molar-refractivity contribution in [1.82, 2.24) is 5.32 Å². The van der Waals surface area contributed by atoms with Crippen LogP contribution in [-0.4, -0.2) is 25.0 Å². The van der Waals surface area contributed by atoms with Crippen molar-refractivity contribution < 1.29 is 4.79 Å². The van der Waals surface area contributed by atoms with E-state index in [-0.39, 0.29) is 18.4 Å². The lowest BCUT2D eigenvalue weighted by Gasteiger charge is -2.32. The second kappa shape index (κ2) is 4.98. The molecule has 1 unspecified atom stereocenters. The second-order valence-electron chi connectivity index (χ2n) is 4.20. The fourth-order valence-corrected chi connectivity index (χ4v) is 2.04. The summed E-state index contributed by atoms with van der Waals surface area (Å²) in [5, 5.41) is 11.7. The third-order valence-corrected chi connectivity index (χ3v) is 2.90. The number of hydrogen-bond donors (Lipinski definition) is 1. The largest absolute Gasteiger partial charge is 0.310 e. The molecule has 1 aromatic rings. The van der Waals surface area contributed by atoms with E-state index in [1.165, 1.54) is 0 Å². The van der Waals surface area contributed by atoms with E-state index >= 15 is 0 Å².